The first-order chi connectivity index (χ1) is 19.9. The number of rotatable bonds is 13. The Morgan fingerprint density at radius 3 is 2.00 bits per heavy atom. The summed E-state index contributed by atoms with van der Waals surface area (Å²) >= 11 is 2.81. The molecule has 12 heteroatoms. The second-order valence-electron chi connectivity index (χ2n) is 9.51. The first kappa shape index (κ1) is 34.3. The summed E-state index contributed by atoms with van der Waals surface area (Å²) in [5.41, 5.74) is 3.11. The van der Waals surface area contributed by atoms with Gasteiger partial charge in [-0.15, -0.1) is 0 Å². The fourth-order valence-corrected chi connectivity index (χ4v) is 19.0. The Labute approximate surface area is 300 Å². The van der Waals surface area contributed by atoms with E-state index < -0.39 is 66.8 Å². The predicted octanol–water partition coefficient (Wildman–Crippen LogP) is 4.02. The quantitative estimate of drug-likeness (QED) is 0.0700. The summed E-state index contributed by atoms with van der Waals surface area (Å²) in [7, 11) is 0. The SMILES string of the molecule is C=C(C(=O)OCC(=O)OC(C(C)(I)I)C(I)(N=O)[I-]c1ccccc1[NH+](c1ccccc1)c1ccccc1)I1(=C)CC1. The molecule has 0 bridgehead atoms. The van der Waals surface area contributed by atoms with Crippen molar-refractivity contribution in [3.63, 3.8) is 0 Å². The number of para-hydroxylation sites is 3. The van der Waals surface area contributed by atoms with Gasteiger partial charge in [-0.05, 0) is 0 Å². The van der Waals surface area contributed by atoms with Crippen molar-refractivity contribution in [2.24, 2.45) is 5.18 Å². The second kappa shape index (κ2) is 14.7. The minimum atomic E-state index is -2.42. The molecule has 224 valence electrons. The number of quaternary nitrogens is 1. The molecular formula is C30H29I5N2O5. The van der Waals surface area contributed by atoms with Gasteiger partial charge in [-0.25, -0.2) is 0 Å². The van der Waals surface area contributed by atoms with Crippen LogP contribution in [0, 0.1) is 8.48 Å². The molecule has 4 rings (SSSR count). The second-order valence-corrected chi connectivity index (χ2v) is 32.1. The van der Waals surface area contributed by atoms with Gasteiger partial charge >= 0.3 is 305 Å². The molecule has 2 atom stereocenters. The maximum atomic E-state index is 13.0. The van der Waals surface area contributed by atoms with E-state index in [1.807, 2.05) is 61.5 Å². The molecule has 0 aliphatic carbocycles. The molecule has 42 heavy (non-hydrogen) atoms. The Morgan fingerprint density at radius 1 is 0.976 bits per heavy atom. The molecule has 1 heterocycles. The summed E-state index contributed by atoms with van der Waals surface area (Å²) in [6.45, 7) is 5.19. The molecule has 3 aromatic carbocycles. The van der Waals surface area contributed by atoms with Gasteiger partial charge in [-0.3, -0.25) is 0 Å². The summed E-state index contributed by atoms with van der Waals surface area (Å²) in [4.78, 5) is 39.1. The Bertz CT molecular complexity index is 1470. The van der Waals surface area contributed by atoms with E-state index in [0.29, 0.717) is 3.58 Å². The summed E-state index contributed by atoms with van der Waals surface area (Å²) in [5, 5.41) is 3.61. The van der Waals surface area contributed by atoms with Crippen LogP contribution in [-0.2, 0) is 19.1 Å². The third kappa shape index (κ3) is 8.57. The van der Waals surface area contributed by atoms with Crippen molar-refractivity contribution in [1.82, 2.24) is 0 Å². The van der Waals surface area contributed by atoms with Gasteiger partial charge in [-0.2, -0.15) is 0 Å². The van der Waals surface area contributed by atoms with Crippen molar-refractivity contribution in [3.05, 3.63) is 104 Å². The Hall–Kier alpha value is -0.580. The molecule has 1 fully saturated rings. The standard InChI is InChI=1S/C30H28I5N2O5/c1-21(35(3)18-19-35)27(39)41-20-26(38)42-28(29(2,31)32)30(33,36-40)34-24-16-10-11-17-25(24)37(22-12-6-4-7-13-22)23-14-8-5-9-15-23/h4-17,28H,1,3,18-20H2,2H3/q-1/p+1. The Morgan fingerprint density at radius 2 is 1.50 bits per heavy atom. The number of halogens is 5. The number of alkyl halides is 6. The van der Waals surface area contributed by atoms with Crippen LogP contribution in [0.5, 0.6) is 0 Å². The van der Waals surface area contributed by atoms with Crippen molar-refractivity contribution in [2.75, 3.05) is 15.5 Å². The Balaban J connectivity index is 1.62. The molecule has 7 nitrogen and oxygen atoms in total. The molecular weight excluding hydrogens is 1100 g/mol. The first-order valence-corrected chi connectivity index (χ1v) is 23.7. The number of esters is 2. The van der Waals surface area contributed by atoms with Crippen LogP contribution in [0.4, 0.5) is 17.1 Å². The van der Waals surface area contributed by atoms with Gasteiger partial charge in [-0.1, -0.05) is 0 Å². The fraction of sp³-hybridized carbons (Fsp3) is 0.233. The molecule has 1 N–H and O–H groups in total. The van der Waals surface area contributed by atoms with Gasteiger partial charge in [0.1, 0.15) is 0 Å². The topological polar surface area (TPSA) is 86.5 Å². The van der Waals surface area contributed by atoms with E-state index in [4.69, 9.17) is 9.47 Å². The molecule has 0 aromatic heterocycles. The van der Waals surface area contributed by atoms with Crippen LogP contribution in [0.1, 0.15) is 6.92 Å². The Kier molecular flexibility index (Phi) is 12.0. The third-order valence-corrected chi connectivity index (χ3v) is 19.5. The van der Waals surface area contributed by atoms with Crippen LogP contribution in [0.2, 0.25) is 0 Å². The zero-order valence-corrected chi connectivity index (χ0v) is 33.4. The van der Waals surface area contributed by atoms with E-state index in [0.717, 1.165) is 34.4 Å². The van der Waals surface area contributed by atoms with Crippen LogP contribution >= 0.6 is 85.7 Å². The van der Waals surface area contributed by atoms with Gasteiger partial charge in [0.05, 0.1) is 0 Å². The molecule has 0 saturated carbocycles. The normalized spacial score (nSPS) is 17.0. The van der Waals surface area contributed by atoms with Crippen molar-refractivity contribution in [3.8, 4) is 0 Å². The number of carbonyl (C=O) groups is 2. The number of nitrogens with zero attached hydrogens (tertiary/aromatic N) is 1. The molecule has 0 radical (unpaired) electrons. The van der Waals surface area contributed by atoms with Crippen molar-refractivity contribution < 1.29 is 45.2 Å². The monoisotopic (exact) mass is 1130 g/mol. The molecule has 2 unspecified atom stereocenters. The number of hydrogen-bond donors (Lipinski definition) is 1. The van der Waals surface area contributed by atoms with E-state index in [1.54, 1.807) is 0 Å². The van der Waals surface area contributed by atoms with Gasteiger partial charge in [0.25, 0.3) is 0 Å². The summed E-state index contributed by atoms with van der Waals surface area (Å²) in [5.74, 6) is -1.32. The van der Waals surface area contributed by atoms with Crippen LogP contribution in [0.25, 0.3) is 0 Å². The molecule has 3 aromatic rings. The van der Waals surface area contributed by atoms with E-state index in [-0.39, 0.29) is 0 Å². The summed E-state index contributed by atoms with van der Waals surface area (Å²) in [6, 6.07) is 28.3. The number of hydrogen-bond acceptors (Lipinski definition) is 6. The van der Waals surface area contributed by atoms with Crippen molar-refractivity contribution >= 4 is 119 Å². The molecule has 1 saturated heterocycles. The van der Waals surface area contributed by atoms with E-state index in [2.05, 4.69) is 114 Å². The minimum absolute atomic E-state index is 0.433. The fourth-order valence-electron chi connectivity index (χ4n) is 4.02. The molecule has 0 amide bonds. The van der Waals surface area contributed by atoms with Crippen molar-refractivity contribution in [1.29, 1.82) is 0 Å². The zero-order chi connectivity index (χ0) is 30.5. The average molecular weight is 1130 g/mol. The molecule has 0 spiro atoms. The van der Waals surface area contributed by atoms with Gasteiger partial charge in [0.15, 0.2) is 0 Å². The van der Waals surface area contributed by atoms with Crippen molar-refractivity contribution in [2.45, 2.75) is 16.0 Å². The number of carbonyl (C=O) groups excluding carboxylic acids is 2. The van der Waals surface area contributed by atoms with Crippen LogP contribution in [-0.4, -0.2) is 41.0 Å². The van der Waals surface area contributed by atoms with Crippen LogP contribution < -0.4 is 26.1 Å². The number of nitroso groups, excluding NO2 is 1. The van der Waals surface area contributed by atoms with E-state index in [1.165, 1.54) is 0 Å². The van der Waals surface area contributed by atoms with Crippen LogP contribution in [0.15, 0.2) is 100 Å². The maximum absolute atomic E-state index is 13.0. The summed E-state index contributed by atoms with van der Waals surface area (Å²) in [6.07, 6.45) is -0.892. The average Bonchev–Trinajstić information content (AvgIpc) is 3.74. The van der Waals surface area contributed by atoms with Gasteiger partial charge < -0.3 is 0 Å². The molecule has 1 aliphatic heterocycles. The predicted molar refractivity (Wildman–Crippen MR) is 198 cm³/mol. The van der Waals surface area contributed by atoms with E-state index in [9.17, 15) is 14.5 Å². The molecule has 1 aliphatic rings. The number of benzene rings is 3. The summed E-state index contributed by atoms with van der Waals surface area (Å²) < 4.78 is 16.7. The van der Waals surface area contributed by atoms with E-state index >= 15 is 0 Å². The van der Waals surface area contributed by atoms with Crippen LogP contribution in [0.3, 0.4) is 0 Å². The van der Waals surface area contributed by atoms with Gasteiger partial charge in [0.2, 0.25) is 0 Å². The van der Waals surface area contributed by atoms with Gasteiger partial charge in [0, 0.05) is 0 Å². The zero-order valence-electron chi connectivity index (χ0n) is 22.6. The number of nitrogens with one attached hydrogen (secondary N) is 1. The number of ether oxygens (including phenoxy) is 2. The third-order valence-electron chi connectivity index (χ3n) is 6.32. The first-order valence-electron chi connectivity index (χ1n) is 12.6.